The molecule has 1 heterocycles. The van der Waals surface area contributed by atoms with Crippen molar-refractivity contribution in [3.63, 3.8) is 0 Å². The van der Waals surface area contributed by atoms with Gasteiger partial charge in [-0.25, -0.2) is 0 Å². The average molecular weight is 255 g/mol. The Hall–Kier alpha value is -1.43. The Morgan fingerprint density at radius 3 is 2.89 bits per heavy atom. The number of carbonyl (C=O) groups is 1. The number of nitrogens with one attached hydrogen (secondary N) is 1. The summed E-state index contributed by atoms with van der Waals surface area (Å²) >= 11 is 0. The first kappa shape index (κ1) is 14.6. The number of hydrogen-bond acceptors (Lipinski definition) is 5. The van der Waals surface area contributed by atoms with Crippen LogP contribution in [0, 0.1) is 6.92 Å². The van der Waals surface area contributed by atoms with Gasteiger partial charge in [0.1, 0.15) is 0 Å². The smallest absolute Gasteiger partial charge is 0.226 e. The molecule has 6 heteroatoms. The van der Waals surface area contributed by atoms with E-state index in [-0.39, 0.29) is 18.6 Å². The van der Waals surface area contributed by atoms with E-state index < -0.39 is 0 Å². The van der Waals surface area contributed by atoms with Crippen molar-refractivity contribution < 1.29 is 14.4 Å². The van der Waals surface area contributed by atoms with Gasteiger partial charge in [-0.15, -0.1) is 0 Å². The number of aromatic nitrogens is 2. The molecule has 0 aliphatic rings. The summed E-state index contributed by atoms with van der Waals surface area (Å²) in [5, 5.41) is 15.3. The van der Waals surface area contributed by atoms with Crippen molar-refractivity contribution in [3.8, 4) is 0 Å². The van der Waals surface area contributed by atoms with Gasteiger partial charge >= 0.3 is 0 Å². The van der Waals surface area contributed by atoms with E-state index in [2.05, 4.69) is 15.5 Å². The maximum absolute atomic E-state index is 11.6. The minimum Gasteiger partial charge on any atom is -0.396 e. The van der Waals surface area contributed by atoms with E-state index in [0.29, 0.717) is 37.4 Å². The van der Waals surface area contributed by atoms with Crippen LogP contribution in [0.2, 0.25) is 0 Å². The average Bonchev–Trinajstić information content (AvgIpc) is 2.72. The van der Waals surface area contributed by atoms with Crippen LogP contribution < -0.4 is 5.32 Å². The molecule has 1 rings (SSSR count). The number of rotatable bonds is 8. The molecule has 18 heavy (non-hydrogen) atoms. The molecule has 0 aromatic carbocycles. The number of amides is 1. The zero-order valence-corrected chi connectivity index (χ0v) is 11.0. The van der Waals surface area contributed by atoms with Gasteiger partial charge in [0.05, 0.1) is 0 Å². The highest BCUT2D eigenvalue weighted by Crippen LogP contribution is 2.03. The van der Waals surface area contributed by atoms with Crippen LogP contribution in [-0.2, 0) is 11.2 Å². The lowest BCUT2D eigenvalue weighted by molar-refractivity contribution is -0.121. The number of aliphatic hydroxyl groups is 1. The second-order valence-corrected chi connectivity index (χ2v) is 4.42. The molecule has 0 fully saturated rings. The third-order valence-electron chi connectivity index (χ3n) is 2.57. The van der Waals surface area contributed by atoms with Crippen LogP contribution in [0.25, 0.3) is 0 Å². The molecule has 0 saturated heterocycles. The van der Waals surface area contributed by atoms with Crippen molar-refractivity contribution >= 4 is 5.91 Å². The van der Waals surface area contributed by atoms with Gasteiger partial charge in [0.15, 0.2) is 5.82 Å². The van der Waals surface area contributed by atoms with Crippen LogP contribution >= 0.6 is 0 Å². The third kappa shape index (κ3) is 5.77. The Bertz CT molecular complexity index is 365. The van der Waals surface area contributed by atoms with Crippen molar-refractivity contribution in [2.24, 2.45) is 0 Å². The van der Waals surface area contributed by atoms with Crippen LogP contribution in [0.1, 0.15) is 44.3 Å². The molecule has 0 aliphatic carbocycles. The van der Waals surface area contributed by atoms with Gasteiger partial charge in [0.25, 0.3) is 0 Å². The highest BCUT2D eigenvalue weighted by Gasteiger charge is 2.08. The summed E-state index contributed by atoms with van der Waals surface area (Å²) in [5.74, 6) is 1.22. The molecule has 1 aromatic rings. The maximum Gasteiger partial charge on any atom is 0.226 e. The van der Waals surface area contributed by atoms with Crippen molar-refractivity contribution in [1.82, 2.24) is 15.5 Å². The molecular weight excluding hydrogens is 234 g/mol. The SMILES string of the molecule is Cc1noc(CCCC(=O)NC(C)CCCO)n1. The first-order valence-electron chi connectivity index (χ1n) is 6.31. The Morgan fingerprint density at radius 2 is 2.28 bits per heavy atom. The summed E-state index contributed by atoms with van der Waals surface area (Å²) < 4.78 is 4.96. The molecule has 0 saturated carbocycles. The van der Waals surface area contributed by atoms with E-state index in [1.807, 2.05) is 6.92 Å². The molecule has 0 spiro atoms. The van der Waals surface area contributed by atoms with E-state index in [1.165, 1.54) is 0 Å². The highest BCUT2D eigenvalue weighted by molar-refractivity contribution is 5.76. The zero-order valence-electron chi connectivity index (χ0n) is 11.0. The largest absolute Gasteiger partial charge is 0.396 e. The summed E-state index contributed by atoms with van der Waals surface area (Å²) in [5.41, 5.74) is 0. The van der Waals surface area contributed by atoms with E-state index in [4.69, 9.17) is 9.63 Å². The Balaban J connectivity index is 2.13. The van der Waals surface area contributed by atoms with Crippen molar-refractivity contribution in [1.29, 1.82) is 0 Å². The molecule has 1 unspecified atom stereocenters. The fourth-order valence-electron chi connectivity index (χ4n) is 1.66. The summed E-state index contributed by atoms with van der Waals surface area (Å²) in [6.07, 6.45) is 3.28. The van der Waals surface area contributed by atoms with Gasteiger partial charge in [-0.05, 0) is 33.1 Å². The number of carbonyl (C=O) groups excluding carboxylic acids is 1. The van der Waals surface area contributed by atoms with Crippen molar-refractivity contribution in [2.45, 2.75) is 52.0 Å². The quantitative estimate of drug-likeness (QED) is 0.723. The predicted octanol–water partition coefficient (Wildman–Crippen LogP) is 0.978. The van der Waals surface area contributed by atoms with E-state index >= 15 is 0 Å². The van der Waals surface area contributed by atoms with E-state index in [0.717, 1.165) is 6.42 Å². The monoisotopic (exact) mass is 255 g/mol. The fourth-order valence-corrected chi connectivity index (χ4v) is 1.66. The number of nitrogens with zero attached hydrogens (tertiary/aromatic N) is 2. The molecule has 1 amide bonds. The topological polar surface area (TPSA) is 88.2 Å². The standard InChI is InChI=1S/C12H21N3O3/c1-9(5-4-8-16)13-11(17)6-3-7-12-14-10(2)15-18-12/h9,16H,3-8H2,1-2H3,(H,13,17). The lowest BCUT2D eigenvalue weighted by atomic mass is 10.1. The molecule has 0 radical (unpaired) electrons. The summed E-state index contributed by atoms with van der Waals surface area (Å²) in [6.45, 7) is 3.87. The minimum atomic E-state index is 0.0247. The van der Waals surface area contributed by atoms with Crippen molar-refractivity contribution in [2.75, 3.05) is 6.61 Å². The lowest BCUT2D eigenvalue weighted by Gasteiger charge is -2.12. The number of hydrogen-bond donors (Lipinski definition) is 2. The van der Waals surface area contributed by atoms with Gasteiger partial charge < -0.3 is 14.9 Å². The molecule has 1 aromatic heterocycles. The molecule has 6 nitrogen and oxygen atoms in total. The normalized spacial score (nSPS) is 12.4. The Kier molecular flexibility index (Phi) is 6.35. The fraction of sp³-hybridized carbons (Fsp3) is 0.750. The molecule has 2 N–H and O–H groups in total. The van der Waals surface area contributed by atoms with Gasteiger partial charge in [0.2, 0.25) is 11.8 Å². The summed E-state index contributed by atoms with van der Waals surface area (Å²) in [7, 11) is 0. The molecular formula is C12H21N3O3. The minimum absolute atomic E-state index is 0.0247. The molecule has 0 bridgehead atoms. The highest BCUT2D eigenvalue weighted by atomic mass is 16.5. The van der Waals surface area contributed by atoms with Crippen LogP contribution in [0.15, 0.2) is 4.52 Å². The Morgan fingerprint density at radius 1 is 1.50 bits per heavy atom. The van der Waals surface area contributed by atoms with Gasteiger partial charge in [0, 0.05) is 25.5 Å². The third-order valence-corrected chi connectivity index (χ3v) is 2.57. The van der Waals surface area contributed by atoms with Crippen molar-refractivity contribution in [3.05, 3.63) is 11.7 Å². The van der Waals surface area contributed by atoms with Gasteiger partial charge in [-0.1, -0.05) is 5.16 Å². The maximum atomic E-state index is 11.6. The molecule has 0 aliphatic heterocycles. The first-order chi connectivity index (χ1) is 8.61. The molecule has 1 atom stereocenters. The van der Waals surface area contributed by atoms with E-state index in [9.17, 15) is 4.79 Å². The van der Waals surface area contributed by atoms with Crippen LogP contribution in [0.3, 0.4) is 0 Å². The van der Waals surface area contributed by atoms with Gasteiger partial charge in [-0.3, -0.25) is 4.79 Å². The lowest BCUT2D eigenvalue weighted by Crippen LogP contribution is -2.32. The zero-order chi connectivity index (χ0) is 13.4. The summed E-state index contributed by atoms with van der Waals surface area (Å²) in [6, 6.07) is 0.107. The molecule has 102 valence electrons. The van der Waals surface area contributed by atoms with Gasteiger partial charge in [-0.2, -0.15) is 4.98 Å². The summed E-state index contributed by atoms with van der Waals surface area (Å²) in [4.78, 5) is 15.6. The first-order valence-corrected chi connectivity index (χ1v) is 6.31. The second-order valence-electron chi connectivity index (χ2n) is 4.42. The second kappa shape index (κ2) is 7.81. The van der Waals surface area contributed by atoms with Crippen LogP contribution in [0.5, 0.6) is 0 Å². The Labute approximate surface area is 107 Å². The predicted molar refractivity (Wildman–Crippen MR) is 65.9 cm³/mol. The van der Waals surface area contributed by atoms with E-state index in [1.54, 1.807) is 6.92 Å². The number of aryl methyl sites for hydroxylation is 2. The van der Waals surface area contributed by atoms with Crippen LogP contribution in [0.4, 0.5) is 0 Å². The van der Waals surface area contributed by atoms with Crippen LogP contribution in [-0.4, -0.2) is 33.8 Å². The number of aliphatic hydroxyl groups excluding tert-OH is 1.